The number of phenolic OH excluding ortho intramolecular Hbond substituents is 1. The largest absolute Gasteiger partial charge is 0.505 e. The van der Waals surface area contributed by atoms with Crippen LogP contribution < -0.4 is 0 Å². The lowest BCUT2D eigenvalue weighted by Crippen LogP contribution is -2.30. The maximum atomic E-state index is 11.5. The van der Waals surface area contributed by atoms with Crippen LogP contribution in [-0.4, -0.2) is 37.3 Å². The Kier molecular flexibility index (Phi) is 4.05. The lowest BCUT2D eigenvalue weighted by atomic mass is 9.91. The Morgan fingerprint density at radius 2 is 1.83 bits per heavy atom. The van der Waals surface area contributed by atoms with Crippen LogP contribution in [0.4, 0.5) is 0 Å². The average Bonchev–Trinajstić information content (AvgIpc) is 3.32. The number of aromatic nitrogens is 3. The lowest BCUT2D eigenvalue weighted by Gasteiger charge is -2.28. The monoisotopic (exact) mass is 384 g/mol. The van der Waals surface area contributed by atoms with Gasteiger partial charge in [0.05, 0.1) is 6.04 Å². The summed E-state index contributed by atoms with van der Waals surface area (Å²) in [4.78, 5) is 15.1. The standard InChI is InChI=1S/C23H20N4O2/c1-15-10-16(12-26-13-17(14-28)18-6-2-5-9-21(18)26)23(29)22(11-15)27-24-19-7-3-4-8-20(19)25-27/h2-11,13-14,18,21,29H,12H2,1H3. The molecule has 1 aliphatic heterocycles. The topological polar surface area (TPSA) is 71.2 Å². The van der Waals surface area contributed by atoms with Gasteiger partial charge in [0.25, 0.3) is 0 Å². The normalized spacial score (nSPS) is 20.2. The summed E-state index contributed by atoms with van der Waals surface area (Å²) >= 11 is 0. The fraction of sp³-hybridized carbons (Fsp3) is 0.174. The molecule has 0 amide bonds. The van der Waals surface area contributed by atoms with Crippen molar-refractivity contribution >= 4 is 17.3 Å². The molecule has 0 saturated heterocycles. The zero-order valence-electron chi connectivity index (χ0n) is 15.9. The summed E-state index contributed by atoms with van der Waals surface area (Å²) in [5.41, 5.74) is 4.62. The second kappa shape index (κ2) is 6.74. The number of aryl methyl sites for hydroxylation is 1. The van der Waals surface area contributed by atoms with Crippen LogP contribution in [0.2, 0.25) is 0 Å². The number of carbonyl (C=O) groups excluding carboxylic acids is 1. The van der Waals surface area contributed by atoms with Gasteiger partial charge in [-0.05, 0) is 30.7 Å². The summed E-state index contributed by atoms with van der Waals surface area (Å²) in [5, 5.41) is 20.0. The highest BCUT2D eigenvalue weighted by Crippen LogP contribution is 2.35. The van der Waals surface area contributed by atoms with Gasteiger partial charge in [-0.1, -0.05) is 42.5 Å². The van der Waals surface area contributed by atoms with Gasteiger partial charge in [-0.25, -0.2) is 0 Å². The molecule has 6 nitrogen and oxygen atoms in total. The number of aromatic hydroxyl groups is 1. The molecule has 2 heterocycles. The summed E-state index contributed by atoms with van der Waals surface area (Å²) in [6.07, 6.45) is 10.9. The van der Waals surface area contributed by atoms with Crippen molar-refractivity contribution in [1.82, 2.24) is 19.9 Å². The number of fused-ring (bicyclic) bond motifs is 2. The molecule has 5 rings (SSSR count). The van der Waals surface area contributed by atoms with Gasteiger partial charge in [-0.3, -0.25) is 4.79 Å². The van der Waals surface area contributed by atoms with Crippen molar-refractivity contribution in [3.05, 3.63) is 83.6 Å². The van der Waals surface area contributed by atoms with Gasteiger partial charge in [-0.15, -0.1) is 15.0 Å². The fourth-order valence-corrected chi connectivity index (χ4v) is 4.11. The van der Waals surface area contributed by atoms with E-state index in [1.54, 1.807) is 0 Å². The molecule has 0 fully saturated rings. The van der Waals surface area contributed by atoms with Crippen molar-refractivity contribution in [3.8, 4) is 11.4 Å². The van der Waals surface area contributed by atoms with Gasteiger partial charge in [0.1, 0.15) is 28.8 Å². The zero-order chi connectivity index (χ0) is 20.0. The van der Waals surface area contributed by atoms with Gasteiger partial charge in [0.2, 0.25) is 0 Å². The third kappa shape index (κ3) is 2.93. The molecule has 6 heteroatoms. The summed E-state index contributed by atoms with van der Waals surface area (Å²) < 4.78 is 0. The van der Waals surface area contributed by atoms with E-state index in [1.807, 2.05) is 67.7 Å². The first-order valence-electron chi connectivity index (χ1n) is 9.56. The number of nitrogens with zero attached hydrogens (tertiary/aromatic N) is 4. The van der Waals surface area contributed by atoms with E-state index >= 15 is 0 Å². The summed E-state index contributed by atoms with van der Waals surface area (Å²) in [5.74, 6) is 0.206. The summed E-state index contributed by atoms with van der Waals surface area (Å²) in [6.45, 7) is 2.47. The summed E-state index contributed by atoms with van der Waals surface area (Å²) in [7, 11) is 0. The predicted octanol–water partition coefficient (Wildman–Crippen LogP) is 3.44. The Hall–Kier alpha value is -3.67. The van der Waals surface area contributed by atoms with E-state index in [0.29, 0.717) is 12.2 Å². The van der Waals surface area contributed by atoms with Gasteiger partial charge >= 0.3 is 0 Å². The van der Waals surface area contributed by atoms with Gasteiger partial charge in [0, 0.05) is 29.8 Å². The average molecular weight is 384 g/mol. The van der Waals surface area contributed by atoms with Crippen molar-refractivity contribution in [2.45, 2.75) is 19.5 Å². The number of phenols is 1. The minimum atomic E-state index is 0.0574. The van der Waals surface area contributed by atoms with Crippen LogP contribution in [0.15, 0.2) is 72.5 Å². The Balaban J connectivity index is 1.53. The van der Waals surface area contributed by atoms with E-state index in [-0.39, 0.29) is 17.7 Å². The van der Waals surface area contributed by atoms with Crippen molar-refractivity contribution in [2.75, 3.05) is 0 Å². The Labute approximate surface area is 168 Å². The second-order valence-electron chi connectivity index (χ2n) is 7.48. The molecule has 0 spiro atoms. The summed E-state index contributed by atoms with van der Waals surface area (Å²) in [6, 6.07) is 11.5. The SMILES string of the molecule is Cc1cc(CN2C=C(C=O)C3C=CC=CC32)c(O)c(-n2nc3ccccc3n2)c1. The maximum Gasteiger partial charge on any atom is 0.148 e. The zero-order valence-corrected chi connectivity index (χ0v) is 15.9. The van der Waals surface area contributed by atoms with Crippen LogP contribution in [0, 0.1) is 12.8 Å². The Morgan fingerprint density at radius 1 is 1.10 bits per heavy atom. The first-order valence-corrected chi connectivity index (χ1v) is 9.56. The van der Waals surface area contributed by atoms with Gasteiger partial charge < -0.3 is 10.0 Å². The molecule has 1 aromatic heterocycles. The molecule has 2 aromatic carbocycles. The molecule has 2 unspecified atom stereocenters. The number of allylic oxidation sites excluding steroid dienone is 2. The molecule has 1 aliphatic carbocycles. The first kappa shape index (κ1) is 17.4. The fourth-order valence-electron chi connectivity index (χ4n) is 4.11. The molecular formula is C23H20N4O2. The highest BCUT2D eigenvalue weighted by atomic mass is 16.3. The Bertz CT molecular complexity index is 1170. The molecule has 0 radical (unpaired) electrons. The van der Waals surface area contributed by atoms with Crippen LogP contribution in [-0.2, 0) is 11.3 Å². The molecule has 3 aromatic rings. The van der Waals surface area contributed by atoms with Crippen LogP contribution in [0.5, 0.6) is 5.75 Å². The van der Waals surface area contributed by atoms with Gasteiger partial charge in [-0.2, -0.15) is 0 Å². The van der Waals surface area contributed by atoms with E-state index in [4.69, 9.17) is 0 Å². The minimum absolute atomic E-state index is 0.0574. The highest BCUT2D eigenvalue weighted by molar-refractivity contribution is 5.76. The Morgan fingerprint density at radius 3 is 2.55 bits per heavy atom. The molecule has 0 saturated carbocycles. The lowest BCUT2D eigenvalue weighted by molar-refractivity contribution is -0.105. The number of aldehydes is 1. The maximum absolute atomic E-state index is 11.5. The van der Waals surface area contributed by atoms with Crippen molar-refractivity contribution in [1.29, 1.82) is 0 Å². The van der Waals surface area contributed by atoms with Crippen LogP contribution >= 0.6 is 0 Å². The second-order valence-corrected chi connectivity index (χ2v) is 7.48. The van der Waals surface area contributed by atoms with E-state index in [0.717, 1.165) is 34.0 Å². The van der Waals surface area contributed by atoms with E-state index in [2.05, 4.69) is 21.2 Å². The van der Waals surface area contributed by atoms with Crippen molar-refractivity contribution in [3.63, 3.8) is 0 Å². The molecule has 144 valence electrons. The van der Waals surface area contributed by atoms with Crippen LogP contribution in [0.3, 0.4) is 0 Å². The third-order valence-electron chi connectivity index (χ3n) is 5.49. The van der Waals surface area contributed by atoms with E-state index < -0.39 is 0 Å². The quantitative estimate of drug-likeness (QED) is 0.698. The number of benzene rings is 2. The smallest absolute Gasteiger partial charge is 0.148 e. The number of carbonyl (C=O) groups is 1. The number of rotatable bonds is 4. The minimum Gasteiger partial charge on any atom is -0.505 e. The molecule has 0 bridgehead atoms. The highest BCUT2D eigenvalue weighted by Gasteiger charge is 2.33. The number of hydrogen-bond acceptors (Lipinski definition) is 5. The van der Waals surface area contributed by atoms with E-state index in [1.165, 1.54) is 4.80 Å². The van der Waals surface area contributed by atoms with Gasteiger partial charge in [0.15, 0.2) is 0 Å². The third-order valence-corrected chi connectivity index (χ3v) is 5.49. The van der Waals surface area contributed by atoms with Crippen LogP contribution in [0.1, 0.15) is 11.1 Å². The van der Waals surface area contributed by atoms with E-state index in [9.17, 15) is 9.90 Å². The molecular weight excluding hydrogens is 364 g/mol. The molecule has 2 atom stereocenters. The molecule has 29 heavy (non-hydrogen) atoms. The molecule has 1 N–H and O–H groups in total. The predicted molar refractivity (Wildman–Crippen MR) is 111 cm³/mol. The van der Waals surface area contributed by atoms with Crippen LogP contribution in [0.25, 0.3) is 16.7 Å². The van der Waals surface area contributed by atoms with Crippen molar-refractivity contribution < 1.29 is 9.90 Å². The number of hydrogen-bond donors (Lipinski definition) is 1. The van der Waals surface area contributed by atoms with Crippen molar-refractivity contribution in [2.24, 2.45) is 5.92 Å². The first-order chi connectivity index (χ1) is 14.1. The molecule has 2 aliphatic rings.